The van der Waals surface area contributed by atoms with E-state index in [4.69, 9.17) is 18.9 Å². The largest absolute Gasteiger partial charge is 0.394 e. The molecule has 12 unspecified atom stereocenters. The van der Waals surface area contributed by atoms with Crippen LogP contribution >= 0.6 is 0 Å². The van der Waals surface area contributed by atoms with Crippen LogP contribution in [0.3, 0.4) is 0 Å². The highest BCUT2D eigenvalue weighted by atomic mass is 16.7. The summed E-state index contributed by atoms with van der Waals surface area (Å²) in [7, 11) is 0. The number of hydrogen-bond acceptors (Lipinski definition) is 13. The molecule has 14 nitrogen and oxygen atoms in total. The first-order valence-corrected chi connectivity index (χ1v) is 40.8. The third-order valence-corrected chi connectivity index (χ3v) is 19.6. The number of carbonyl (C=O) groups is 1. The van der Waals surface area contributed by atoms with Gasteiger partial charge in [0.15, 0.2) is 12.6 Å². The standard InChI is InChI=1S/C84H151NO13/c1-3-5-7-9-11-13-15-17-19-21-23-25-27-29-31-32-33-34-35-36-37-38-39-40-42-44-46-48-50-52-54-56-58-60-62-64-66-68-76(89)85-72(71-95-83-81(94)79(92)82(75(70-87)97-83)98-84-80(93)78(91)77(90)74(69-86)96-84)73(88)67-65-63-61-59-57-55-53-51-49-47-45-43-41-30-28-26-24-22-20-18-16-14-12-10-8-6-4-2/h5,7,11,13,17,19,23,25,29,31,33-34,65,67,72-75,77-84,86-88,90-94H,3-4,6,8-10,12,14-16,18,20-22,24,26-28,30,32,35-64,66,68-71H2,1-2H3,(H,85,89)/b7-5-,13-11-,19-17-,25-23-,31-29-,34-33-,67-65+. The number of hydrogen-bond donors (Lipinski definition) is 9. The molecule has 0 aliphatic carbocycles. The summed E-state index contributed by atoms with van der Waals surface area (Å²) in [6.45, 7) is 2.74. The van der Waals surface area contributed by atoms with Gasteiger partial charge in [-0.1, -0.05) is 356 Å². The van der Waals surface area contributed by atoms with Crippen LogP contribution in [0.4, 0.5) is 0 Å². The molecule has 2 fully saturated rings. The Balaban J connectivity index is 1.60. The molecular weight excluding hydrogens is 1230 g/mol. The minimum atomic E-state index is -1.79. The Hall–Kier alpha value is -2.83. The van der Waals surface area contributed by atoms with Gasteiger partial charge in [-0.3, -0.25) is 4.79 Å². The minimum Gasteiger partial charge on any atom is -0.394 e. The van der Waals surface area contributed by atoms with Crippen LogP contribution in [0.2, 0.25) is 0 Å². The van der Waals surface area contributed by atoms with Gasteiger partial charge < -0.3 is 65.1 Å². The van der Waals surface area contributed by atoms with Crippen LogP contribution in [0.1, 0.15) is 348 Å². The van der Waals surface area contributed by atoms with Gasteiger partial charge in [-0.25, -0.2) is 0 Å². The van der Waals surface area contributed by atoms with Crippen LogP contribution in [-0.4, -0.2) is 140 Å². The van der Waals surface area contributed by atoms with Gasteiger partial charge in [0.1, 0.15) is 48.8 Å². The molecule has 0 aromatic rings. The second kappa shape index (κ2) is 67.4. The van der Waals surface area contributed by atoms with Crippen molar-refractivity contribution >= 4 is 5.91 Å². The van der Waals surface area contributed by atoms with Crippen molar-refractivity contribution in [1.82, 2.24) is 5.32 Å². The van der Waals surface area contributed by atoms with Crippen molar-refractivity contribution in [3.8, 4) is 0 Å². The minimum absolute atomic E-state index is 0.235. The highest BCUT2D eigenvalue weighted by molar-refractivity contribution is 5.76. The van der Waals surface area contributed by atoms with Gasteiger partial charge in [-0.2, -0.15) is 0 Å². The van der Waals surface area contributed by atoms with Crippen LogP contribution < -0.4 is 5.32 Å². The third-order valence-electron chi connectivity index (χ3n) is 19.6. The van der Waals surface area contributed by atoms with E-state index in [1.54, 1.807) is 6.08 Å². The van der Waals surface area contributed by atoms with E-state index in [9.17, 15) is 45.6 Å². The zero-order valence-electron chi connectivity index (χ0n) is 62.5. The van der Waals surface area contributed by atoms with Crippen LogP contribution in [-0.2, 0) is 23.7 Å². The predicted molar refractivity (Wildman–Crippen MR) is 406 cm³/mol. The molecule has 2 aliphatic heterocycles. The van der Waals surface area contributed by atoms with Gasteiger partial charge in [0, 0.05) is 6.42 Å². The first-order chi connectivity index (χ1) is 48.1. The fourth-order valence-corrected chi connectivity index (χ4v) is 13.2. The molecule has 0 aromatic heterocycles. The normalized spacial score (nSPS) is 22.5. The second-order valence-electron chi connectivity index (χ2n) is 28.5. The Morgan fingerprint density at radius 3 is 1.08 bits per heavy atom. The van der Waals surface area contributed by atoms with Crippen molar-refractivity contribution < 1.29 is 64.6 Å². The Labute approximate surface area is 599 Å². The lowest BCUT2D eigenvalue weighted by molar-refractivity contribution is -0.359. The molecule has 2 saturated heterocycles. The van der Waals surface area contributed by atoms with E-state index >= 15 is 0 Å². The van der Waals surface area contributed by atoms with Crippen molar-refractivity contribution in [2.24, 2.45) is 0 Å². The van der Waals surface area contributed by atoms with E-state index in [0.29, 0.717) is 6.42 Å². The molecule has 2 rings (SSSR count). The number of rotatable bonds is 68. The van der Waals surface area contributed by atoms with Crippen LogP contribution in [0.25, 0.3) is 0 Å². The Kier molecular flexibility index (Phi) is 62.7. The zero-order valence-corrected chi connectivity index (χ0v) is 62.5. The summed E-state index contributed by atoms with van der Waals surface area (Å²) < 4.78 is 22.9. The molecule has 9 N–H and O–H groups in total. The third kappa shape index (κ3) is 49.7. The lowest BCUT2D eigenvalue weighted by Gasteiger charge is -2.46. The van der Waals surface area contributed by atoms with Gasteiger partial charge in [0.2, 0.25) is 5.91 Å². The van der Waals surface area contributed by atoms with Crippen molar-refractivity contribution in [3.63, 3.8) is 0 Å². The van der Waals surface area contributed by atoms with Gasteiger partial charge in [0.25, 0.3) is 0 Å². The topological polar surface area (TPSA) is 228 Å². The number of nitrogens with one attached hydrogen (secondary N) is 1. The maximum Gasteiger partial charge on any atom is 0.220 e. The molecule has 2 aliphatic rings. The maximum absolute atomic E-state index is 13.4. The smallest absolute Gasteiger partial charge is 0.220 e. The molecule has 98 heavy (non-hydrogen) atoms. The second-order valence-corrected chi connectivity index (χ2v) is 28.5. The van der Waals surface area contributed by atoms with Gasteiger partial charge in [0.05, 0.1) is 32.0 Å². The molecule has 570 valence electrons. The molecule has 12 atom stereocenters. The molecule has 0 aromatic carbocycles. The zero-order chi connectivity index (χ0) is 70.8. The first-order valence-electron chi connectivity index (χ1n) is 40.8. The van der Waals surface area contributed by atoms with Crippen LogP contribution in [0, 0.1) is 0 Å². The first kappa shape index (κ1) is 91.3. The Morgan fingerprint density at radius 1 is 0.378 bits per heavy atom. The van der Waals surface area contributed by atoms with Gasteiger partial charge >= 0.3 is 0 Å². The summed E-state index contributed by atoms with van der Waals surface area (Å²) in [4.78, 5) is 13.4. The van der Waals surface area contributed by atoms with Crippen molar-refractivity contribution in [1.29, 1.82) is 0 Å². The maximum atomic E-state index is 13.4. The van der Waals surface area contributed by atoms with Crippen LogP contribution in [0.5, 0.6) is 0 Å². The number of aliphatic hydroxyl groups excluding tert-OH is 8. The number of carbonyl (C=O) groups excluding carboxylic acids is 1. The monoisotopic (exact) mass is 1380 g/mol. The SMILES string of the molecule is CC/C=C\C/C=C\C/C=C\C/C=C\C/C=C\C/C=C\CCCCCCCCCCCCCCCCCCCCC(=O)NC(COC1OC(CO)C(OC2OC(CO)C(O)C(O)C2O)C(O)C1O)C(O)/C=C/CCCCCCCCCCCCCCCCCCCCCCCCCCC. The predicted octanol–water partition coefficient (Wildman–Crippen LogP) is 18.7. The number of allylic oxidation sites excluding steroid dienone is 13. The summed E-state index contributed by atoms with van der Waals surface area (Å²) >= 11 is 0. The molecule has 1 amide bonds. The van der Waals surface area contributed by atoms with E-state index in [0.717, 1.165) is 77.0 Å². The summed E-state index contributed by atoms with van der Waals surface area (Å²) in [5, 5.41) is 87.7. The van der Waals surface area contributed by atoms with Gasteiger partial charge in [-0.05, 0) is 70.6 Å². The fraction of sp³-hybridized carbons (Fsp3) is 0.821. The van der Waals surface area contributed by atoms with Crippen molar-refractivity contribution in [2.45, 2.75) is 421 Å². The lowest BCUT2D eigenvalue weighted by atomic mass is 9.97. The van der Waals surface area contributed by atoms with E-state index in [1.807, 2.05) is 6.08 Å². The van der Waals surface area contributed by atoms with Gasteiger partial charge in [-0.15, -0.1) is 0 Å². The van der Waals surface area contributed by atoms with E-state index in [1.165, 1.54) is 244 Å². The number of unbranched alkanes of at least 4 members (excludes halogenated alkanes) is 43. The number of amides is 1. The summed E-state index contributed by atoms with van der Waals surface area (Å²) in [5.41, 5.74) is 0. The Morgan fingerprint density at radius 2 is 0.704 bits per heavy atom. The highest BCUT2D eigenvalue weighted by Crippen LogP contribution is 2.30. The Bertz CT molecular complexity index is 1970. The summed E-state index contributed by atoms with van der Waals surface area (Å²) in [5.74, 6) is -0.235. The molecule has 0 radical (unpaired) electrons. The molecule has 0 saturated carbocycles. The van der Waals surface area contributed by atoms with Crippen LogP contribution in [0.15, 0.2) is 85.1 Å². The average Bonchev–Trinajstić information content (AvgIpc) is 0.793. The van der Waals surface area contributed by atoms with Crippen molar-refractivity contribution in [2.75, 3.05) is 19.8 Å². The van der Waals surface area contributed by atoms with E-state index in [-0.39, 0.29) is 18.9 Å². The molecule has 2 heterocycles. The van der Waals surface area contributed by atoms with E-state index in [2.05, 4.69) is 92.1 Å². The summed E-state index contributed by atoms with van der Waals surface area (Å²) in [6.07, 6.45) is 78.0. The molecule has 0 spiro atoms. The summed E-state index contributed by atoms with van der Waals surface area (Å²) in [6, 6.07) is -0.919. The quantitative estimate of drug-likeness (QED) is 0.0204. The fourth-order valence-electron chi connectivity index (χ4n) is 13.2. The molecular formula is C84H151NO13. The molecule has 0 bridgehead atoms. The van der Waals surface area contributed by atoms with E-state index < -0.39 is 86.8 Å². The number of ether oxygens (including phenoxy) is 4. The number of aliphatic hydroxyl groups is 8. The molecule has 14 heteroatoms. The lowest BCUT2D eigenvalue weighted by Crippen LogP contribution is -2.65. The van der Waals surface area contributed by atoms with Crippen molar-refractivity contribution in [3.05, 3.63) is 85.1 Å². The average molecular weight is 1380 g/mol. The highest BCUT2D eigenvalue weighted by Gasteiger charge is 2.51.